The zero-order chi connectivity index (χ0) is 12.1. The zero-order valence-corrected chi connectivity index (χ0v) is 10.8. The van der Waals surface area contributed by atoms with Crippen molar-refractivity contribution in [1.82, 2.24) is 5.32 Å². The number of unbranched alkanes of at least 4 members (excludes halogenated alkanes) is 1. The maximum Gasteiger partial charge on any atom is 0.120 e. The molecule has 0 bridgehead atoms. The Morgan fingerprint density at radius 3 is 3.06 bits per heavy atom. The number of benzene rings is 1. The van der Waals surface area contributed by atoms with Gasteiger partial charge in [0.25, 0.3) is 0 Å². The van der Waals surface area contributed by atoms with Crippen molar-refractivity contribution in [1.29, 1.82) is 0 Å². The van der Waals surface area contributed by atoms with Crippen LogP contribution in [0.2, 0.25) is 0 Å². The summed E-state index contributed by atoms with van der Waals surface area (Å²) in [6.07, 6.45) is 2.49. The summed E-state index contributed by atoms with van der Waals surface area (Å²) < 4.78 is 5.33. The van der Waals surface area contributed by atoms with Crippen LogP contribution in [-0.2, 0) is 6.54 Å². The van der Waals surface area contributed by atoms with Gasteiger partial charge in [0.1, 0.15) is 5.75 Å². The number of anilines is 1. The molecule has 1 aliphatic rings. The van der Waals surface area contributed by atoms with Crippen LogP contribution in [0.4, 0.5) is 5.69 Å². The van der Waals surface area contributed by atoms with E-state index >= 15 is 0 Å². The largest absolute Gasteiger partial charge is 0.497 e. The van der Waals surface area contributed by atoms with Gasteiger partial charge < -0.3 is 15.0 Å². The van der Waals surface area contributed by atoms with Crippen molar-refractivity contribution in [3.63, 3.8) is 0 Å². The summed E-state index contributed by atoms with van der Waals surface area (Å²) in [5.74, 6) is 0.951. The van der Waals surface area contributed by atoms with E-state index in [1.807, 2.05) is 6.07 Å². The van der Waals surface area contributed by atoms with Gasteiger partial charge in [-0.25, -0.2) is 0 Å². The van der Waals surface area contributed by atoms with Crippen LogP contribution in [0.15, 0.2) is 18.2 Å². The fourth-order valence-electron chi connectivity index (χ4n) is 2.25. The number of nitrogens with zero attached hydrogens (tertiary/aromatic N) is 1. The smallest absolute Gasteiger partial charge is 0.120 e. The Hall–Kier alpha value is -1.22. The Morgan fingerprint density at radius 2 is 2.29 bits per heavy atom. The first-order valence-electron chi connectivity index (χ1n) is 6.47. The number of methoxy groups -OCH3 is 1. The van der Waals surface area contributed by atoms with Crippen LogP contribution in [0.3, 0.4) is 0 Å². The minimum atomic E-state index is 0.951. The van der Waals surface area contributed by atoms with Gasteiger partial charge in [-0.2, -0.15) is 0 Å². The van der Waals surface area contributed by atoms with Crippen LogP contribution < -0.4 is 15.0 Å². The molecule has 0 amide bonds. The monoisotopic (exact) mass is 234 g/mol. The second kappa shape index (κ2) is 5.92. The minimum absolute atomic E-state index is 0.951. The van der Waals surface area contributed by atoms with Crippen LogP contribution in [0.25, 0.3) is 0 Å². The van der Waals surface area contributed by atoms with Gasteiger partial charge in [-0.05, 0) is 18.1 Å². The van der Waals surface area contributed by atoms with Crippen molar-refractivity contribution >= 4 is 5.69 Å². The lowest BCUT2D eigenvalue weighted by molar-refractivity contribution is 0.414. The highest BCUT2D eigenvalue weighted by Crippen LogP contribution is 2.27. The molecule has 0 spiro atoms. The normalized spacial score (nSPS) is 15.3. The molecule has 0 saturated heterocycles. The molecule has 0 radical (unpaired) electrons. The highest BCUT2D eigenvalue weighted by atomic mass is 16.5. The number of rotatable bonds is 4. The van der Waals surface area contributed by atoms with Gasteiger partial charge in [0.2, 0.25) is 0 Å². The number of hydrogen-bond donors (Lipinski definition) is 1. The van der Waals surface area contributed by atoms with Crippen LogP contribution in [0.1, 0.15) is 25.3 Å². The molecule has 0 unspecified atom stereocenters. The molecule has 1 aromatic rings. The molecule has 3 nitrogen and oxygen atoms in total. The Balaban J connectivity index is 2.25. The molecule has 2 rings (SSSR count). The van der Waals surface area contributed by atoms with Crippen LogP contribution in [-0.4, -0.2) is 26.7 Å². The first kappa shape index (κ1) is 12.2. The summed E-state index contributed by atoms with van der Waals surface area (Å²) >= 11 is 0. The molecule has 0 aliphatic carbocycles. The summed E-state index contributed by atoms with van der Waals surface area (Å²) in [6.45, 7) is 6.48. The molecule has 0 fully saturated rings. The molecular formula is C14H22N2O. The summed E-state index contributed by atoms with van der Waals surface area (Å²) in [5.41, 5.74) is 2.71. The van der Waals surface area contributed by atoms with Crippen molar-refractivity contribution in [3.05, 3.63) is 23.8 Å². The molecule has 17 heavy (non-hydrogen) atoms. The maximum atomic E-state index is 5.33. The Labute approximate surface area is 104 Å². The Morgan fingerprint density at radius 1 is 1.41 bits per heavy atom. The number of ether oxygens (including phenoxy) is 1. The third kappa shape index (κ3) is 2.91. The molecule has 0 saturated carbocycles. The molecule has 3 heteroatoms. The van der Waals surface area contributed by atoms with Crippen molar-refractivity contribution in [3.8, 4) is 5.75 Å². The summed E-state index contributed by atoms with van der Waals surface area (Å²) in [4.78, 5) is 2.47. The average molecular weight is 234 g/mol. The highest BCUT2D eigenvalue weighted by Gasteiger charge is 2.15. The first-order chi connectivity index (χ1) is 8.35. The predicted octanol–water partition coefficient (Wildman–Crippen LogP) is 2.40. The Bertz CT molecular complexity index is 365. The maximum absolute atomic E-state index is 5.33. The minimum Gasteiger partial charge on any atom is -0.497 e. The van der Waals surface area contributed by atoms with Gasteiger partial charge in [-0.3, -0.25) is 0 Å². The standard InChI is InChI=1S/C14H22N2O/c1-3-4-8-16-9-7-15-11-12-5-6-13(17-2)10-14(12)16/h5-6,10,15H,3-4,7-9,11H2,1-2H3. The molecule has 1 aromatic carbocycles. The van der Waals surface area contributed by atoms with E-state index in [4.69, 9.17) is 4.74 Å². The lowest BCUT2D eigenvalue weighted by Gasteiger charge is -2.24. The highest BCUT2D eigenvalue weighted by molar-refractivity contribution is 5.58. The second-order valence-electron chi connectivity index (χ2n) is 4.51. The van der Waals surface area contributed by atoms with Gasteiger partial charge in [0.05, 0.1) is 7.11 Å². The molecule has 1 heterocycles. The van der Waals surface area contributed by atoms with Crippen molar-refractivity contribution in [2.24, 2.45) is 0 Å². The van der Waals surface area contributed by atoms with E-state index in [0.29, 0.717) is 0 Å². The van der Waals surface area contributed by atoms with E-state index < -0.39 is 0 Å². The van der Waals surface area contributed by atoms with E-state index in [1.165, 1.54) is 24.1 Å². The topological polar surface area (TPSA) is 24.5 Å². The molecule has 1 N–H and O–H groups in total. The average Bonchev–Trinajstić information content (AvgIpc) is 2.57. The fraction of sp³-hybridized carbons (Fsp3) is 0.571. The third-order valence-electron chi connectivity index (χ3n) is 3.29. The van der Waals surface area contributed by atoms with E-state index in [0.717, 1.165) is 31.9 Å². The first-order valence-corrected chi connectivity index (χ1v) is 6.47. The number of fused-ring (bicyclic) bond motifs is 1. The second-order valence-corrected chi connectivity index (χ2v) is 4.51. The van der Waals surface area contributed by atoms with E-state index in [2.05, 4.69) is 29.3 Å². The number of nitrogens with one attached hydrogen (secondary N) is 1. The predicted molar refractivity (Wildman–Crippen MR) is 71.8 cm³/mol. The fourth-order valence-corrected chi connectivity index (χ4v) is 2.25. The van der Waals surface area contributed by atoms with Crippen LogP contribution in [0.5, 0.6) is 5.75 Å². The summed E-state index contributed by atoms with van der Waals surface area (Å²) in [6, 6.07) is 6.38. The molecule has 0 atom stereocenters. The lowest BCUT2D eigenvalue weighted by atomic mass is 10.1. The molecule has 94 valence electrons. The molecule has 1 aliphatic heterocycles. The van der Waals surface area contributed by atoms with Crippen molar-refractivity contribution in [2.45, 2.75) is 26.3 Å². The zero-order valence-electron chi connectivity index (χ0n) is 10.8. The Kier molecular flexibility index (Phi) is 4.26. The van der Waals surface area contributed by atoms with E-state index in [-0.39, 0.29) is 0 Å². The molecule has 0 aromatic heterocycles. The van der Waals surface area contributed by atoms with Gasteiger partial charge in [0.15, 0.2) is 0 Å². The number of hydrogen-bond acceptors (Lipinski definition) is 3. The van der Waals surface area contributed by atoms with E-state index in [1.54, 1.807) is 7.11 Å². The van der Waals surface area contributed by atoms with Crippen LogP contribution >= 0.6 is 0 Å². The summed E-state index contributed by atoms with van der Waals surface area (Å²) in [5, 5.41) is 3.46. The van der Waals surface area contributed by atoms with Crippen molar-refractivity contribution in [2.75, 3.05) is 31.6 Å². The van der Waals surface area contributed by atoms with Gasteiger partial charge >= 0.3 is 0 Å². The van der Waals surface area contributed by atoms with Gasteiger partial charge in [0, 0.05) is 37.9 Å². The third-order valence-corrected chi connectivity index (χ3v) is 3.29. The van der Waals surface area contributed by atoms with Crippen LogP contribution in [0, 0.1) is 0 Å². The lowest BCUT2D eigenvalue weighted by Crippen LogP contribution is -2.29. The van der Waals surface area contributed by atoms with E-state index in [9.17, 15) is 0 Å². The molecular weight excluding hydrogens is 212 g/mol. The summed E-state index contributed by atoms with van der Waals surface area (Å²) in [7, 11) is 1.73. The van der Waals surface area contributed by atoms with Gasteiger partial charge in [-0.1, -0.05) is 19.4 Å². The SMILES string of the molecule is CCCCN1CCNCc2ccc(OC)cc21. The van der Waals surface area contributed by atoms with Crippen molar-refractivity contribution < 1.29 is 4.74 Å². The van der Waals surface area contributed by atoms with Gasteiger partial charge in [-0.15, -0.1) is 0 Å². The quantitative estimate of drug-likeness (QED) is 0.866.